The summed E-state index contributed by atoms with van der Waals surface area (Å²) in [6.07, 6.45) is 0. The highest BCUT2D eigenvalue weighted by Crippen LogP contribution is 2.25. The van der Waals surface area contributed by atoms with E-state index in [0.29, 0.717) is 42.9 Å². The predicted molar refractivity (Wildman–Crippen MR) is 116 cm³/mol. The van der Waals surface area contributed by atoms with Crippen LogP contribution in [0.2, 0.25) is 10.0 Å². The van der Waals surface area contributed by atoms with Crippen LogP contribution in [-0.4, -0.2) is 83.6 Å². The van der Waals surface area contributed by atoms with Gasteiger partial charge in [-0.05, 0) is 31.5 Å². The topological polar surface area (TPSA) is 73.3 Å². The maximum Gasteiger partial charge on any atom is 0.289 e. The number of rotatable bonds is 7. The van der Waals surface area contributed by atoms with Crippen LogP contribution in [0.15, 0.2) is 29.5 Å². The molecule has 2 heterocycles. The molecule has 1 aromatic rings. The first-order valence-corrected chi connectivity index (χ1v) is 10.8. The predicted octanol–water partition coefficient (Wildman–Crippen LogP) is 2.72. The minimum absolute atomic E-state index is 0.110. The number of hydrogen-bond donors (Lipinski definition) is 1. The average Bonchev–Trinajstić information content (AvgIpc) is 3.01. The maximum absolute atomic E-state index is 13.2. The van der Waals surface area contributed by atoms with Gasteiger partial charge in [0.2, 0.25) is 0 Å². The van der Waals surface area contributed by atoms with Crippen LogP contribution < -0.4 is 0 Å². The molecule has 2 amide bonds. The van der Waals surface area contributed by atoms with Crippen molar-refractivity contribution in [1.82, 2.24) is 14.7 Å². The van der Waals surface area contributed by atoms with Gasteiger partial charge >= 0.3 is 0 Å². The Labute approximate surface area is 186 Å². The van der Waals surface area contributed by atoms with Crippen molar-refractivity contribution in [2.75, 3.05) is 45.9 Å². The molecule has 0 spiro atoms. The molecule has 0 radical (unpaired) electrons. The first kappa shape index (κ1) is 22.9. The van der Waals surface area contributed by atoms with Gasteiger partial charge in [-0.15, -0.1) is 0 Å². The Kier molecular flexibility index (Phi) is 7.63. The van der Waals surface area contributed by atoms with Crippen LogP contribution in [0.25, 0.3) is 0 Å². The smallest absolute Gasteiger partial charge is 0.289 e. The molecular weight excluding hydrogens is 429 g/mol. The zero-order valence-electron chi connectivity index (χ0n) is 17.2. The van der Waals surface area contributed by atoms with E-state index in [0.717, 1.165) is 18.7 Å². The van der Waals surface area contributed by atoms with Gasteiger partial charge in [-0.1, -0.05) is 29.3 Å². The van der Waals surface area contributed by atoms with Crippen molar-refractivity contribution < 1.29 is 19.4 Å². The van der Waals surface area contributed by atoms with Crippen LogP contribution in [0.3, 0.4) is 0 Å². The highest BCUT2D eigenvalue weighted by atomic mass is 35.5. The average molecular weight is 456 g/mol. The Bertz CT molecular complexity index is 838. The van der Waals surface area contributed by atoms with Crippen molar-refractivity contribution in [3.05, 3.63) is 45.1 Å². The van der Waals surface area contributed by atoms with Crippen molar-refractivity contribution in [2.24, 2.45) is 0 Å². The van der Waals surface area contributed by atoms with E-state index in [1.54, 1.807) is 23.1 Å². The molecule has 0 atom stereocenters. The molecule has 1 aromatic carbocycles. The molecular formula is C21H27Cl2N3O4. The minimum atomic E-state index is -0.496. The van der Waals surface area contributed by atoms with Gasteiger partial charge in [0, 0.05) is 38.8 Å². The Morgan fingerprint density at radius 1 is 1.20 bits per heavy atom. The van der Waals surface area contributed by atoms with Crippen LogP contribution in [0.5, 0.6) is 0 Å². The first-order chi connectivity index (χ1) is 14.3. The summed E-state index contributed by atoms with van der Waals surface area (Å²) in [5.74, 6) is -1.30. The molecule has 2 aliphatic heterocycles. The van der Waals surface area contributed by atoms with E-state index >= 15 is 0 Å². The zero-order chi connectivity index (χ0) is 21.8. The molecule has 1 fully saturated rings. The van der Waals surface area contributed by atoms with Crippen LogP contribution in [-0.2, 0) is 20.9 Å². The molecule has 30 heavy (non-hydrogen) atoms. The van der Waals surface area contributed by atoms with Gasteiger partial charge in [0.05, 0.1) is 35.4 Å². The fraction of sp³-hybridized carbons (Fsp3) is 0.524. The summed E-state index contributed by atoms with van der Waals surface area (Å²) < 4.78 is 5.33. The molecule has 1 saturated heterocycles. The summed E-state index contributed by atoms with van der Waals surface area (Å²) in [6.45, 7) is 8.31. The van der Waals surface area contributed by atoms with Crippen molar-refractivity contribution in [2.45, 2.75) is 26.4 Å². The normalized spacial score (nSPS) is 17.9. The fourth-order valence-electron chi connectivity index (χ4n) is 3.55. The number of aliphatic hydroxyl groups is 1. The van der Waals surface area contributed by atoms with E-state index in [1.807, 2.05) is 13.8 Å². The van der Waals surface area contributed by atoms with Crippen LogP contribution in [0, 0.1) is 0 Å². The maximum atomic E-state index is 13.2. The summed E-state index contributed by atoms with van der Waals surface area (Å²) >= 11 is 12.1. The molecule has 0 saturated carbocycles. The largest absolute Gasteiger partial charge is 0.503 e. The van der Waals surface area contributed by atoms with Gasteiger partial charge in [0.15, 0.2) is 5.76 Å². The van der Waals surface area contributed by atoms with Crippen molar-refractivity contribution in [1.29, 1.82) is 0 Å². The van der Waals surface area contributed by atoms with Crippen LogP contribution in [0.1, 0.15) is 19.4 Å². The Morgan fingerprint density at radius 2 is 1.90 bits per heavy atom. The molecule has 9 heteroatoms. The van der Waals surface area contributed by atoms with Crippen molar-refractivity contribution in [3.8, 4) is 0 Å². The lowest BCUT2D eigenvalue weighted by Gasteiger charge is -2.29. The highest BCUT2D eigenvalue weighted by molar-refractivity contribution is 6.42. The fourth-order valence-corrected chi connectivity index (χ4v) is 3.87. The summed E-state index contributed by atoms with van der Waals surface area (Å²) in [5.41, 5.74) is 0.954. The third-order valence-corrected chi connectivity index (χ3v) is 6.13. The van der Waals surface area contributed by atoms with Gasteiger partial charge in [-0.2, -0.15) is 0 Å². The number of hydrogen-bond acceptors (Lipinski definition) is 5. The summed E-state index contributed by atoms with van der Waals surface area (Å²) in [5, 5.41) is 11.2. The number of carbonyl (C=O) groups excluding carboxylic acids is 2. The number of aliphatic hydroxyl groups excluding tert-OH is 1. The first-order valence-electron chi connectivity index (χ1n) is 10.0. The lowest BCUT2D eigenvalue weighted by Crippen LogP contribution is -2.42. The number of halogens is 2. The zero-order valence-corrected chi connectivity index (χ0v) is 18.7. The minimum Gasteiger partial charge on any atom is -0.503 e. The molecule has 7 nitrogen and oxygen atoms in total. The van der Waals surface area contributed by atoms with E-state index in [1.165, 1.54) is 4.90 Å². The van der Waals surface area contributed by atoms with E-state index in [-0.39, 0.29) is 24.1 Å². The molecule has 0 aromatic heterocycles. The number of morpholine rings is 1. The molecule has 1 N–H and O–H groups in total. The third-order valence-electron chi connectivity index (χ3n) is 5.39. The van der Waals surface area contributed by atoms with E-state index in [9.17, 15) is 14.7 Å². The standard InChI is InChI=1S/C21H27Cl2N3O4/c1-14(2)26(12-15-3-4-17(22)18(23)11-15)20(28)16-13-25(21(29)19(16)27)6-5-24-7-9-30-10-8-24/h3-4,11,14,27H,5-10,12-13H2,1-2H3. The van der Waals surface area contributed by atoms with E-state index < -0.39 is 11.7 Å². The second-order valence-corrected chi connectivity index (χ2v) is 8.60. The van der Waals surface area contributed by atoms with Gasteiger partial charge in [-0.3, -0.25) is 14.5 Å². The second-order valence-electron chi connectivity index (χ2n) is 7.78. The molecule has 164 valence electrons. The van der Waals surface area contributed by atoms with Gasteiger partial charge < -0.3 is 19.6 Å². The number of carbonyl (C=O) groups is 2. The Hall–Kier alpha value is -1.80. The monoisotopic (exact) mass is 455 g/mol. The van der Waals surface area contributed by atoms with Gasteiger partial charge in [-0.25, -0.2) is 0 Å². The number of nitrogens with zero attached hydrogens (tertiary/aromatic N) is 3. The molecule has 0 aliphatic carbocycles. The summed E-state index contributed by atoms with van der Waals surface area (Å²) in [4.78, 5) is 31.0. The molecule has 2 aliphatic rings. The quantitative estimate of drug-likeness (QED) is 0.683. The third kappa shape index (κ3) is 5.27. The lowest BCUT2D eigenvalue weighted by atomic mass is 10.1. The number of amides is 2. The van der Waals surface area contributed by atoms with Crippen molar-refractivity contribution in [3.63, 3.8) is 0 Å². The van der Waals surface area contributed by atoms with Crippen LogP contribution in [0.4, 0.5) is 0 Å². The van der Waals surface area contributed by atoms with Crippen LogP contribution >= 0.6 is 23.2 Å². The summed E-state index contributed by atoms with van der Waals surface area (Å²) in [7, 11) is 0. The van der Waals surface area contributed by atoms with E-state index in [4.69, 9.17) is 27.9 Å². The second kappa shape index (κ2) is 10.0. The molecule has 3 rings (SSSR count). The Balaban J connectivity index is 1.67. The number of benzene rings is 1. The lowest BCUT2D eigenvalue weighted by molar-refractivity contribution is -0.129. The molecule has 0 unspecified atom stereocenters. The molecule has 0 bridgehead atoms. The summed E-state index contributed by atoms with van der Waals surface area (Å²) in [6, 6.07) is 5.07. The van der Waals surface area contributed by atoms with E-state index in [2.05, 4.69) is 4.90 Å². The van der Waals surface area contributed by atoms with Gasteiger partial charge in [0.25, 0.3) is 11.8 Å². The highest BCUT2D eigenvalue weighted by Gasteiger charge is 2.36. The van der Waals surface area contributed by atoms with Crippen molar-refractivity contribution >= 4 is 35.0 Å². The Morgan fingerprint density at radius 3 is 2.53 bits per heavy atom. The number of ether oxygens (including phenoxy) is 1. The SMILES string of the molecule is CC(C)N(Cc1ccc(Cl)c(Cl)c1)C(=O)C1=C(O)C(=O)N(CCN2CCOCC2)C1. The van der Waals surface area contributed by atoms with Gasteiger partial charge in [0.1, 0.15) is 0 Å².